The number of hydrogen-bond acceptors (Lipinski definition) is 2. The van der Waals surface area contributed by atoms with Crippen LogP contribution in [0.25, 0.3) is 106 Å². The highest BCUT2D eigenvalue weighted by molar-refractivity contribution is 6.10. The predicted octanol–water partition coefficient (Wildman–Crippen LogP) is 15.4. The van der Waals surface area contributed by atoms with E-state index in [4.69, 9.17) is 9.97 Å². The Bertz CT molecular complexity index is 3520. The van der Waals surface area contributed by atoms with Gasteiger partial charge in [-0.3, -0.25) is 0 Å². The molecule has 0 radical (unpaired) electrons. The molecule has 12 rings (SSSR count). The van der Waals surface area contributed by atoms with Crippen molar-refractivity contribution in [3.8, 4) is 73.0 Å². The van der Waals surface area contributed by atoms with Crippen molar-refractivity contribution in [2.75, 3.05) is 0 Å². The van der Waals surface area contributed by atoms with Gasteiger partial charge in [0.1, 0.15) is 0 Å². The van der Waals surface area contributed by atoms with E-state index >= 15 is 0 Å². The molecule has 0 fully saturated rings. The molecule has 2 heterocycles. The monoisotopic (exact) mass is 791 g/mol. The van der Waals surface area contributed by atoms with Crippen LogP contribution in [0.2, 0.25) is 0 Å². The lowest BCUT2D eigenvalue weighted by Gasteiger charge is -2.22. The Hall–Kier alpha value is -7.88. The smallest absolute Gasteiger partial charge is 0.160 e. The molecule has 0 aliphatic heterocycles. The molecule has 11 aromatic rings. The molecule has 1 aliphatic rings. The Labute approximate surface area is 361 Å². The molecule has 0 spiro atoms. The fraction of sp³-hybridized carbons (Fsp3) is 0.0508. The van der Waals surface area contributed by atoms with Crippen LogP contribution in [0.1, 0.15) is 25.0 Å². The number of rotatable bonds is 6. The lowest BCUT2D eigenvalue weighted by atomic mass is 9.82. The Morgan fingerprint density at radius 3 is 1.71 bits per heavy atom. The quantitative estimate of drug-likeness (QED) is 0.168. The van der Waals surface area contributed by atoms with Crippen LogP contribution in [-0.2, 0) is 5.41 Å². The summed E-state index contributed by atoms with van der Waals surface area (Å²) in [4.78, 5) is 10.5. The maximum atomic E-state index is 5.28. The highest BCUT2D eigenvalue weighted by Gasteiger charge is 2.35. The normalized spacial score (nSPS) is 12.8. The molecule has 1 aliphatic carbocycles. The highest BCUT2D eigenvalue weighted by Crippen LogP contribution is 2.50. The van der Waals surface area contributed by atoms with Crippen LogP contribution in [0, 0.1) is 0 Å². The van der Waals surface area contributed by atoms with Crippen molar-refractivity contribution < 1.29 is 0 Å². The zero-order chi connectivity index (χ0) is 41.4. The van der Waals surface area contributed by atoms with Crippen molar-refractivity contribution in [2.45, 2.75) is 19.3 Å². The van der Waals surface area contributed by atoms with Crippen LogP contribution in [0.3, 0.4) is 0 Å². The van der Waals surface area contributed by atoms with Crippen LogP contribution in [0.5, 0.6) is 0 Å². The Balaban J connectivity index is 0.944. The zero-order valence-electron chi connectivity index (χ0n) is 34.5. The second kappa shape index (κ2) is 14.1. The SMILES string of the molecule is CC1(C)c2ccccc2-c2ccc(-c3cc(-c4ccc(-c5ccc(-c6ccc7c8ccccc8n(-c8ccccc8)c7c6)cc5)c5ccccc45)nc(-c4ccccc4)n3)cc21. The standard InChI is InChI=1S/C59H41N3/c1-59(2)52-23-13-11-21-47(52)48-31-30-42(35-53(48)59)54-37-55(61-58(60-54)40-15-5-3-6-16-40)49-34-33-44(45-19-9-10-20-46(45)49)39-27-25-38(26-28-39)41-29-32-51-50-22-12-14-24-56(50)62(57(51)36-41)43-17-7-4-8-18-43/h3-37H,1-2H3. The van der Waals surface area contributed by atoms with Gasteiger partial charge in [-0.1, -0.05) is 190 Å². The third-order valence-electron chi connectivity index (χ3n) is 13.1. The zero-order valence-corrected chi connectivity index (χ0v) is 34.5. The summed E-state index contributed by atoms with van der Waals surface area (Å²) in [5.74, 6) is 0.715. The topological polar surface area (TPSA) is 30.7 Å². The number of benzene rings is 9. The van der Waals surface area contributed by atoms with Gasteiger partial charge in [-0.15, -0.1) is 0 Å². The van der Waals surface area contributed by atoms with Crippen molar-refractivity contribution in [3.63, 3.8) is 0 Å². The molecule has 0 saturated carbocycles. The third-order valence-corrected chi connectivity index (χ3v) is 13.1. The summed E-state index contributed by atoms with van der Waals surface area (Å²) in [6.07, 6.45) is 0. The van der Waals surface area contributed by atoms with Crippen LogP contribution >= 0.6 is 0 Å². The van der Waals surface area contributed by atoms with E-state index in [-0.39, 0.29) is 5.41 Å². The average molecular weight is 792 g/mol. The van der Waals surface area contributed by atoms with Crippen molar-refractivity contribution in [1.29, 1.82) is 0 Å². The van der Waals surface area contributed by atoms with E-state index in [2.05, 4.69) is 225 Å². The minimum Gasteiger partial charge on any atom is -0.309 e. The number of nitrogens with zero attached hydrogens (tertiary/aromatic N) is 3. The van der Waals surface area contributed by atoms with Crippen LogP contribution in [0.15, 0.2) is 212 Å². The van der Waals surface area contributed by atoms with Gasteiger partial charge < -0.3 is 4.57 Å². The van der Waals surface area contributed by atoms with E-state index in [0.29, 0.717) is 5.82 Å². The summed E-state index contributed by atoms with van der Waals surface area (Å²) in [5.41, 5.74) is 18.5. The Kier molecular flexibility index (Phi) is 8.20. The van der Waals surface area contributed by atoms with Gasteiger partial charge in [0.2, 0.25) is 0 Å². The summed E-state index contributed by atoms with van der Waals surface area (Å²) in [6, 6.07) is 76.6. The third kappa shape index (κ3) is 5.73. The molecule has 3 nitrogen and oxygen atoms in total. The van der Waals surface area contributed by atoms with E-state index in [1.807, 2.05) is 6.07 Å². The highest BCUT2D eigenvalue weighted by atomic mass is 15.0. The first-order chi connectivity index (χ1) is 30.5. The number of para-hydroxylation sites is 2. The number of aromatic nitrogens is 3. The molecular formula is C59H41N3. The molecule has 292 valence electrons. The van der Waals surface area contributed by atoms with Crippen LogP contribution in [-0.4, -0.2) is 14.5 Å². The predicted molar refractivity (Wildman–Crippen MR) is 259 cm³/mol. The van der Waals surface area contributed by atoms with E-state index < -0.39 is 0 Å². The molecular weight excluding hydrogens is 751 g/mol. The summed E-state index contributed by atoms with van der Waals surface area (Å²) in [7, 11) is 0. The number of hydrogen-bond donors (Lipinski definition) is 0. The largest absolute Gasteiger partial charge is 0.309 e. The van der Waals surface area contributed by atoms with Crippen molar-refractivity contribution in [3.05, 3.63) is 223 Å². The second-order valence-electron chi connectivity index (χ2n) is 17.0. The maximum Gasteiger partial charge on any atom is 0.160 e. The van der Waals surface area contributed by atoms with E-state index in [9.17, 15) is 0 Å². The fourth-order valence-corrected chi connectivity index (χ4v) is 9.93. The lowest BCUT2D eigenvalue weighted by Crippen LogP contribution is -2.14. The van der Waals surface area contributed by atoms with Gasteiger partial charge in [0.05, 0.1) is 22.4 Å². The molecule has 0 saturated heterocycles. The summed E-state index contributed by atoms with van der Waals surface area (Å²) in [5, 5.41) is 4.86. The van der Waals surface area contributed by atoms with Crippen molar-refractivity contribution >= 4 is 32.6 Å². The first kappa shape index (κ1) is 36.0. The lowest BCUT2D eigenvalue weighted by molar-refractivity contribution is 0.660. The van der Waals surface area contributed by atoms with Gasteiger partial charge in [0.15, 0.2) is 5.82 Å². The molecule has 0 N–H and O–H groups in total. The van der Waals surface area contributed by atoms with E-state index in [0.717, 1.165) is 39.2 Å². The van der Waals surface area contributed by atoms with E-state index in [1.165, 1.54) is 71.7 Å². The van der Waals surface area contributed by atoms with Gasteiger partial charge >= 0.3 is 0 Å². The summed E-state index contributed by atoms with van der Waals surface area (Å²) < 4.78 is 2.38. The molecule has 0 unspecified atom stereocenters. The Morgan fingerprint density at radius 2 is 0.903 bits per heavy atom. The minimum atomic E-state index is -0.110. The first-order valence-electron chi connectivity index (χ1n) is 21.4. The first-order valence-corrected chi connectivity index (χ1v) is 21.4. The molecule has 0 atom stereocenters. The van der Waals surface area contributed by atoms with E-state index in [1.54, 1.807) is 0 Å². The van der Waals surface area contributed by atoms with Crippen molar-refractivity contribution in [1.82, 2.24) is 14.5 Å². The maximum absolute atomic E-state index is 5.28. The second-order valence-corrected chi connectivity index (χ2v) is 17.0. The summed E-state index contributed by atoms with van der Waals surface area (Å²) in [6.45, 7) is 4.66. The molecule has 2 aromatic heterocycles. The van der Waals surface area contributed by atoms with Crippen LogP contribution in [0.4, 0.5) is 0 Å². The molecule has 9 aromatic carbocycles. The van der Waals surface area contributed by atoms with Crippen molar-refractivity contribution in [2.24, 2.45) is 0 Å². The fourth-order valence-electron chi connectivity index (χ4n) is 9.93. The average Bonchev–Trinajstić information content (AvgIpc) is 3.79. The van der Waals surface area contributed by atoms with Gasteiger partial charge in [-0.2, -0.15) is 0 Å². The minimum absolute atomic E-state index is 0.110. The molecule has 0 bridgehead atoms. The van der Waals surface area contributed by atoms with Gasteiger partial charge in [0, 0.05) is 38.6 Å². The van der Waals surface area contributed by atoms with Crippen LogP contribution < -0.4 is 0 Å². The molecule has 62 heavy (non-hydrogen) atoms. The van der Waals surface area contributed by atoms with Gasteiger partial charge in [0.25, 0.3) is 0 Å². The molecule has 3 heteroatoms. The Morgan fingerprint density at radius 1 is 0.339 bits per heavy atom. The number of fused-ring (bicyclic) bond motifs is 7. The molecule has 0 amide bonds. The van der Waals surface area contributed by atoms with Gasteiger partial charge in [-0.25, -0.2) is 9.97 Å². The van der Waals surface area contributed by atoms with Gasteiger partial charge in [-0.05, 0) is 91.7 Å². The summed E-state index contributed by atoms with van der Waals surface area (Å²) >= 11 is 0.